The highest BCUT2D eigenvalue weighted by atomic mass is 127. The number of rotatable bonds is 7. The summed E-state index contributed by atoms with van der Waals surface area (Å²) in [6.07, 6.45) is 5.16. The number of amides is 2. The van der Waals surface area contributed by atoms with Gasteiger partial charge in [0.2, 0.25) is 11.8 Å². The number of nitrogens with zero attached hydrogens (tertiary/aromatic N) is 3. The summed E-state index contributed by atoms with van der Waals surface area (Å²) in [6.45, 7) is 2.02. The molecule has 2 aliphatic rings. The molecule has 1 unspecified atom stereocenters. The van der Waals surface area contributed by atoms with E-state index in [4.69, 9.17) is 4.74 Å². The predicted octanol–water partition coefficient (Wildman–Crippen LogP) is 1.81. The molecule has 0 radical (unpaired) electrons. The van der Waals surface area contributed by atoms with Crippen LogP contribution in [-0.2, 0) is 27.2 Å². The summed E-state index contributed by atoms with van der Waals surface area (Å²) in [5, 5.41) is 7.10. The lowest BCUT2D eigenvalue weighted by atomic mass is 9.88. The molecule has 1 aliphatic carbocycles. The zero-order chi connectivity index (χ0) is 22.9. The summed E-state index contributed by atoms with van der Waals surface area (Å²) in [6, 6.07) is 9.08. The van der Waals surface area contributed by atoms with Crippen molar-refractivity contribution in [1.82, 2.24) is 20.4 Å². The number of hydrogen-bond acceptors (Lipinski definition) is 4. The number of aliphatic imine (C=N–C) groups is 1. The van der Waals surface area contributed by atoms with Crippen molar-refractivity contribution in [1.29, 1.82) is 0 Å². The van der Waals surface area contributed by atoms with Crippen molar-refractivity contribution in [2.75, 3.05) is 47.4 Å². The minimum atomic E-state index is -0.0290. The van der Waals surface area contributed by atoms with E-state index in [1.807, 2.05) is 4.90 Å². The van der Waals surface area contributed by atoms with E-state index < -0.39 is 0 Å². The van der Waals surface area contributed by atoms with Crippen molar-refractivity contribution in [2.24, 2.45) is 4.99 Å². The Morgan fingerprint density at radius 3 is 2.42 bits per heavy atom. The Kier molecular flexibility index (Phi) is 11.4. The van der Waals surface area contributed by atoms with Gasteiger partial charge < -0.3 is 25.2 Å². The Morgan fingerprint density at radius 1 is 1.09 bits per heavy atom. The van der Waals surface area contributed by atoms with E-state index in [0.29, 0.717) is 19.0 Å². The molecule has 9 heteroatoms. The number of benzene rings is 1. The van der Waals surface area contributed by atoms with Gasteiger partial charge in [0.15, 0.2) is 5.96 Å². The lowest BCUT2D eigenvalue weighted by molar-refractivity contribution is -0.133. The Morgan fingerprint density at radius 2 is 1.76 bits per heavy atom. The zero-order valence-corrected chi connectivity index (χ0v) is 22.3. The zero-order valence-electron chi connectivity index (χ0n) is 20.0. The van der Waals surface area contributed by atoms with Gasteiger partial charge in [-0.25, -0.2) is 4.99 Å². The highest BCUT2D eigenvalue weighted by Gasteiger charge is 2.25. The highest BCUT2D eigenvalue weighted by Crippen LogP contribution is 2.21. The van der Waals surface area contributed by atoms with E-state index in [1.165, 1.54) is 11.1 Å². The summed E-state index contributed by atoms with van der Waals surface area (Å²) >= 11 is 0. The van der Waals surface area contributed by atoms with Gasteiger partial charge in [-0.1, -0.05) is 24.3 Å². The van der Waals surface area contributed by atoms with Crippen molar-refractivity contribution in [3.63, 3.8) is 0 Å². The summed E-state index contributed by atoms with van der Waals surface area (Å²) in [5.74, 6) is 0.808. The molecule has 33 heavy (non-hydrogen) atoms. The molecule has 2 amide bonds. The molecule has 1 aromatic rings. The Bertz CT molecular complexity index is 809. The van der Waals surface area contributed by atoms with Crippen LogP contribution < -0.4 is 10.6 Å². The SMILES string of the molecule is COCCC(=O)N1CCC(NC(=NCC(=O)N(C)C)NC2CCc3ccccc3C2)CC1.I. The van der Waals surface area contributed by atoms with Crippen LogP contribution in [0.5, 0.6) is 0 Å². The van der Waals surface area contributed by atoms with E-state index in [0.717, 1.165) is 45.2 Å². The third-order valence-corrected chi connectivity index (χ3v) is 6.27. The number of guanidine groups is 1. The van der Waals surface area contributed by atoms with Gasteiger partial charge >= 0.3 is 0 Å². The smallest absolute Gasteiger partial charge is 0.243 e. The van der Waals surface area contributed by atoms with Gasteiger partial charge in [-0.3, -0.25) is 9.59 Å². The van der Waals surface area contributed by atoms with Gasteiger partial charge in [-0.15, -0.1) is 24.0 Å². The lowest BCUT2D eigenvalue weighted by Crippen LogP contribution is -2.52. The molecule has 1 atom stereocenters. The molecule has 0 aromatic heterocycles. The number of ether oxygens (including phenoxy) is 1. The molecule has 1 fully saturated rings. The molecule has 0 saturated carbocycles. The molecule has 1 heterocycles. The minimum Gasteiger partial charge on any atom is -0.384 e. The predicted molar refractivity (Wildman–Crippen MR) is 141 cm³/mol. The monoisotopic (exact) mass is 571 g/mol. The first-order valence-corrected chi connectivity index (χ1v) is 11.6. The molecule has 0 bridgehead atoms. The van der Waals surface area contributed by atoms with E-state index in [9.17, 15) is 9.59 Å². The first kappa shape index (κ1) is 27.4. The number of halogens is 1. The van der Waals surface area contributed by atoms with E-state index in [2.05, 4.69) is 39.9 Å². The standard InChI is InChI=1S/C24H37N5O3.HI/c1-28(2)23(31)17-25-24(27-21-9-8-18-6-4-5-7-19(18)16-21)26-20-10-13-29(14-11-20)22(30)12-15-32-3;/h4-7,20-21H,8-17H2,1-3H3,(H2,25,26,27);1H. The first-order chi connectivity index (χ1) is 15.5. The topological polar surface area (TPSA) is 86.3 Å². The second kappa shape index (κ2) is 13.7. The van der Waals surface area contributed by atoms with Crippen LogP contribution in [0.25, 0.3) is 0 Å². The Hall–Kier alpha value is -1.88. The van der Waals surface area contributed by atoms with Crippen LogP contribution in [0.2, 0.25) is 0 Å². The van der Waals surface area contributed by atoms with Gasteiger partial charge in [0.05, 0.1) is 13.0 Å². The van der Waals surface area contributed by atoms with E-state index in [-0.39, 0.29) is 54.4 Å². The quantitative estimate of drug-likeness (QED) is 0.297. The van der Waals surface area contributed by atoms with Gasteiger partial charge in [0.25, 0.3) is 0 Å². The summed E-state index contributed by atoms with van der Waals surface area (Å²) < 4.78 is 5.02. The van der Waals surface area contributed by atoms with Crippen molar-refractivity contribution in [3.05, 3.63) is 35.4 Å². The average Bonchev–Trinajstić information content (AvgIpc) is 2.81. The maximum atomic E-state index is 12.2. The number of methoxy groups -OCH3 is 1. The fourth-order valence-electron chi connectivity index (χ4n) is 4.25. The van der Waals surface area contributed by atoms with Crippen molar-refractivity contribution < 1.29 is 14.3 Å². The average molecular weight is 572 g/mol. The third-order valence-electron chi connectivity index (χ3n) is 6.27. The van der Waals surface area contributed by atoms with Crippen molar-refractivity contribution in [2.45, 2.75) is 50.6 Å². The summed E-state index contributed by atoms with van der Waals surface area (Å²) in [5.41, 5.74) is 2.80. The van der Waals surface area contributed by atoms with Crippen LogP contribution in [0, 0.1) is 0 Å². The Labute approximate surface area is 214 Å². The second-order valence-electron chi connectivity index (χ2n) is 8.85. The van der Waals surface area contributed by atoms with E-state index in [1.54, 1.807) is 26.1 Å². The largest absolute Gasteiger partial charge is 0.384 e. The van der Waals surface area contributed by atoms with Gasteiger partial charge in [-0.05, 0) is 43.2 Å². The molecule has 1 aromatic carbocycles. The number of aryl methyl sites for hydroxylation is 1. The van der Waals surface area contributed by atoms with E-state index >= 15 is 0 Å². The number of carbonyl (C=O) groups is 2. The van der Waals surface area contributed by atoms with Crippen LogP contribution in [0.3, 0.4) is 0 Å². The molecular formula is C24H38IN5O3. The highest BCUT2D eigenvalue weighted by molar-refractivity contribution is 14.0. The second-order valence-corrected chi connectivity index (χ2v) is 8.85. The molecule has 1 saturated heterocycles. The van der Waals surface area contributed by atoms with Gasteiger partial charge in [0, 0.05) is 46.4 Å². The number of likely N-dealkylation sites (tertiary alicyclic amines) is 1. The van der Waals surface area contributed by atoms with Crippen LogP contribution >= 0.6 is 24.0 Å². The minimum absolute atomic E-state index is 0. The number of likely N-dealkylation sites (N-methyl/N-ethyl adjacent to an activating group) is 1. The first-order valence-electron chi connectivity index (χ1n) is 11.6. The molecule has 3 rings (SSSR count). The number of fused-ring (bicyclic) bond motifs is 1. The molecule has 2 N–H and O–H groups in total. The van der Waals surface area contributed by atoms with Crippen molar-refractivity contribution >= 4 is 41.8 Å². The van der Waals surface area contributed by atoms with Crippen LogP contribution in [0.1, 0.15) is 36.8 Å². The van der Waals surface area contributed by atoms with Crippen LogP contribution in [0.4, 0.5) is 0 Å². The van der Waals surface area contributed by atoms with Crippen LogP contribution in [-0.4, -0.2) is 87.1 Å². The maximum absolute atomic E-state index is 12.2. The number of nitrogens with one attached hydrogen (secondary N) is 2. The summed E-state index contributed by atoms with van der Waals surface area (Å²) in [7, 11) is 5.10. The van der Waals surface area contributed by atoms with Gasteiger partial charge in [-0.2, -0.15) is 0 Å². The molecule has 0 spiro atoms. The lowest BCUT2D eigenvalue weighted by Gasteiger charge is -2.34. The number of piperidine rings is 1. The fraction of sp³-hybridized carbons (Fsp3) is 0.625. The molecule has 8 nitrogen and oxygen atoms in total. The molecule has 184 valence electrons. The van der Waals surface area contributed by atoms with Gasteiger partial charge in [0.1, 0.15) is 6.54 Å². The molecule has 1 aliphatic heterocycles. The fourth-order valence-corrected chi connectivity index (χ4v) is 4.25. The number of hydrogen-bond donors (Lipinski definition) is 2. The third kappa shape index (κ3) is 8.44. The number of carbonyl (C=O) groups excluding carboxylic acids is 2. The van der Waals surface area contributed by atoms with Crippen LogP contribution in [0.15, 0.2) is 29.3 Å². The summed E-state index contributed by atoms with van der Waals surface area (Å²) in [4.78, 5) is 32.4. The Balaban J connectivity index is 0.00000385. The molecular weight excluding hydrogens is 533 g/mol. The maximum Gasteiger partial charge on any atom is 0.243 e. The normalized spacial score (nSPS) is 18.7. The van der Waals surface area contributed by atoms with Crippen molar-refractivity contribution in [3.8, 4) is 0 Å².